The Morgan fingerprint density at radius 3 is 1.18 bits per heavy atom. The number of rotatable bonds is 20. The van der Waals surface area contributed by atoms with Crippen LogP contribution in [0.5, 0.6) is 0 Å². The molecular formula is C36H45Cl8N5. The van der Waals surface area contributed by atoms with E-state index in [0.717, 1.165) is 70.8 Å². The zero-order valence-electron chi connectivity index (χ0n) is 27.6. The Kier molecular flexibility index (Phi) is 18.2. The Bertz CT molecular complexity index is 1320. The van der Waals surface area contributed by atoms with E-state index < -0.39 is 0 Å². The van der Waals surface area contributed by atoms with Gasteiger partial charge in [0.05, 0.1) is 6.17 Å². The van der Waals surface area contributed by atoms with Gasteiger partial charge in [-0.15, -0.1) is 69.6 Å². The van der Waals surface area contributed by atoms with Crippen molar-refractivity contribution in [2.75, 3.05) is 102 Å². The van der Waals surface area contributed by atoms with Crippen LogP contribution in [0.4, 0.5) is 17.1 Å². The molecule has 0 aliphatic carbocycles. The number of hydrogen-bond donors (Lipinski definition) is 0. The molecule has 0 bridgehead atoms. The van der Waals surface area contributed by atoms with E-state index in [4.69, 9.17) is 92.8 Å². The Hall–Kier alpha value is -0.700. The largest absolute Gasteiger partial charge is 0.369 e. The first kappa shape index (κ1) is 41.1. The molecule has 4 rings (SSSR count). The van der Waals surface area contributed by atoms with Crippen molar-refractivity contribution in [3.63, 3.8) is 0 Å². The fraction of sp³-hybridized carbons (Fsp3) is 0.500. The molecule has 1 heterocycles. The molecule has 0 radical (unpaired) electrons. The minimum Gasteiger partial charge on any atom is -0.369 e. The van der Waals surface area contributed by atoms with E-state index in [1.165, 1.54) is 5.56 Å². The minimum absolute atomic E-state index is 0.00298. The normalized spacial score (nSPS) is 14.4. The summed E-state index contributed by atoms with van der Waals surface area (Å²) in [6.45, 7) is 7.52. The van der Waals surface area contributed by atoms with E-state index in [1.54, 1.807) is 0 Å². The van der Waals surface area contributed by atoms with Gasteiger partial charge in [-0.25, -0.2) is 0 Å². The molecule has 270 valence electrons. The quantitative estimate of drug-likeness (QED) is 0.105. The molecule has 3 aromatic rings. The minimum atomic E-state index is -0.00298. The van der Waals surface area contributed by atoms with Gasteiger partial charge in [0.1, 0.15) is 0 Å². The highest BCUT2D eigenvalue weighted by molar-refractivity contribution is 6.32. The zero-order valence-corrected chi connectivity index (χ0v) is 33.7. The fourth-order valence-corrected chi connectivity index (χ4v) is 8.14. The third kappa shape index (κ3) is 11.6. The van der Waals surface area contributed by atoms with Crippen LogP contribution in [-0.2, 0) is 13.1 Å². The SMILES string of the molecule is ClCCN(CCCl)c1ccc(C2N(Cc3ccc(N(CCCl)CCCl)cc3Cl)CCCN2Cc2ccc(N(CCCl)CCCl)cc2Cl)cc1. The van der Waals surface area contributed by atoms with Crippen molar-refractivity contribution in [1.82, 2.24) is 9.80 Å². The molecule has 1 saturated heterocycles. The van der Waals surface area contributed by atoms with E-state index >= 15 is 0 Å². The smallest absolute Gasteiger partial charge is 0.0892 e. The van der Waals surface area contributed by atoms with Crippen LogP contribution in [0.25, 0.3) is 0 Å². The molecule has 1 aliphatic heterocycles. The maximum atomic E-state index is 6.98. The Morgan fingerprint density at radius 2 is 0.837 bits per heavy atom. The number of benzene rings is 3. The lowest BCUT2D eigenvalue weighted by Gasteiger charge is -2.45. The highest BCUT2D eigenvalue weighted by Gasteiger charge is 2.32. The molecule has 3 aromatic carbocycles. The summed E-state index contributed by atoms with van der Waals surface area (Å²) < 4.78 is 0. The summed E-state index contributed by atoms with van der Waals surface area (Å²) in [6.07, 6.45) is 1.01. The molecule has 0 saturated carbocycles. The van der Waals surface area contributed by atoms with E-state index in [0.29, 0.717) is 74.5 Å². The van der Waals surface area contributed by atoms with Gasteiger partial charge in [0.2, 0.25) is 0 Å². The summed E-state index contributed by atoms with van der Waals surface area (Å²) in [5.74, 6) is 3.13. The van der Waals surface area contributed by atoms with Gasteiger partial charge in [0, 0.05) is 128 Å². The summed E-state index contributed by atoms with van der Waals surface area (Å²) in [6, 6.07) is 21.4. The van der Waals surface area contributed by atoms with E-state index in [-0.39, 0.29) is 6.17 Å². The van der Waals surface area contributed by atoms with Crippen molar-refractivity contribution in [3.8, 4) is 0 Å². The number of halogens is 8. The first-order chi connectivity index (χ1) is 23.9. The second-order valence-electron chi connectivity index (χ2n) is 11.9. The summed E-state index contributed by atoms with van der Waals surface area (Å²) in [7, 11) is 0. The summed E-state index contributed by atoms with van der Waals surface area (Å²) >= 11 is 50.5. The molecule has 0 amide bonds. The molecule has 13 heteroatoms. The molecule has 0 N–H and O–H groups in total. The van der Waals surface area contributed by atoms with Crippen LogP contribution in [0.2, 0.25) is 10.0 Å². The molecule has 5 nitrogen and oxygen atoms in total. The number of alkyl halides is 6. The second-order valence-corrected chi connectivity index (χ2v) is 15.0. The Labute approximate surface area is 332 Å². The topological polar surface area (TPSA) is 16.2 Å². The first-order valence-corrected chi connectivity index (χ1v) is 20.6. The number of nitrogens with zero attached hydrogens (tertiary/aromatic N) is 5. The molecule has 49 heavy (non-hydrogen) atoms. The summed E-state index contributed by atoms with van der Waals surface area (Å²) in [5, 5.41) is 1.46. The van der Waals surface area contributed by atoms with Gasteiger partial charge >= 0.3 is 0 Å². The molecule has 0 atom stereocenters. The first-order valence-electron chi connectivity index (χ1n) is 16.6. The van der Waals surface area contributed by atoms with Crippen LogP contribution in [0.3, 0.4) is 0 Å². The van der Waals surface area contributed by atoms with Gasteiger partial charge in [-0.3, -0.25) is 9.80 Å². The standard InChI is InChI=1S/C36H45Cl8N5/c37-10-18-45(19-11-38)31-6-2-28(3-7-31)36-48(26-29-4-8-32(24-34(29)43)46(20-12-39)21-13-40)16-1-17-49(36)27-30-5-9-33(25-35(30)44)47(22-14-41)23-15-42/h2-9,24-25,36H,1,10-23,26-27H2. The molecule has 1 aliphatic rings. The maximum absolute atomic E-state index is 6.98. The lowest BCUT2D eigenvalue weighted by Crippen LogP contribution is -2.47. The third-order valence-electron chi connectivity index (χ3n) is 8.82. The van der Waals surface area contributed by atoms with Gasteiger partial charge in [0.15, 0.2) is 0 Å². The van der Waals surface area contributed by atoms with Crippen LogP contribution >= 0.6 is 92.8 Å². The third-order valence-corrected chi connectivity index (χ3v) is 10.5. The second kappa shape index (κ2) is 21.7. The van der Waals surface area contributed by atoms with Crippen molar-refractivity contribution < 1.29 is 0 Å². The highest BCUT2D eigenvalue weighted by atomic mass is 35.5. The predicted molar refractivity (Wildman–Crippen MR) is 218 cm³/mol. The molecule has 1 fully saturated rings. The lowest BCUT2D eigenvalue weighted by molar-refractivity contribution is -0.00904. The van der Waals surface area contributed by atoms with Crippen LogP contribution in [0, 0.1) is 0 Å². The van der Waals surface area contributed by atoms with Gasteiger partial charge < -0.3 is 14.7 Å². The van der Waals surface area contributed by atoms with Crippen molar-refractivity contribution in [2.45, 2.75) is 25.7 Å². The van der Waals surface area contributed by atoms with Gasteiger partial charge in [-0.05, 0) is 59.5 Å². The van der Waals surface area contributed by atoms with Crippen LogP contribution in [0.1, 0.15) is 29.3 Å². The van der Waals surface area contributed by atoms with Crippen LogP contribution < -0.4 is 14.7 Å². The van der Waals surface area contributed by atoms with Crippen molar-refractivity contribution in [2.24, 2.45) is 0 Å². The van der Waals surface area contributed by atoms with Crippen molar-refractivity contribution in [3.05, 3.63) is 87.4 Å². The fourth-order valence-electron chi connectivity index (χ4n) is 6.44. The molecule has 0 spiro atoms. The number of hydrogen-bond acceptors (Lipinski definition) is 5. The van der Waals surface area contributed by atoms with E-state index in [9.17, 15) is 0 Å². The monoisotopic (exact) mass is 827 g/mol. The number of anilines is 3. The summed E-state index contributed by atoms with van der Waals surface area (Å²) in [5.41, 5.74) is 6.49. The predicted octanol–water partition coefficient (Wildman–Crippen LogP) is 10.3. The Morgan fingerprint density at radius 1 is 0.490 bits per heavy atom. The van der Waals surface area contributed by atoms with E-state index in [1.807, 2.05) is 12.1 Å². The molecule has 0 unspecified atom stereocenters. The zero-order chi connectivity index (χ0) is 35.2. The molecule has 0 aromatic heterocycles. The Balaban J connectivity index is 1.65. The maximum Gasteiger partial charge on any atom is 0.0892 e. The average molecular weight is 831 g/mol. The lowest BCUT2D eigenvalue weighted by atomic mass is 10.0. The van der Waals surface area contributed by atoms with Crippen molar-refractivity contribution >= 4 is 110 Å². The highest BCUT2D eigenvalue weighted by Crippen LogP contribution is 2.36. The van der Waals surface area contributed by atoms with Gasteiger partial charge in [-0.2, -0.15) is 0 Å². The van der Waals surface area contributed by atoms with Crippen molar-refractivity contribution in [1.29, 1.82) is 0 Å². The molecular weight excluding hydrogens is 786 g/mol. The van der Waals surface area contributed by atoms with Gasteiger partial charge in [-0.1, -0.05) is 47.5 Å². The average Bonchev–Trinajstić information content (AvgIpc) is 3.10. The van der Waals surface area contributed by atoms with Gasteiger partial charge in [0.25, 0.3) is 0 Å². The van der Waals surface area contributed by atoms with E-state index in [2.05, 4.69) is 73.0 Å². The van der Waals surface area contributed by atoms with Crippen LogP contribution in [-0.4, -0.2) is 97.4 Å². The van der Waals surface area contributed by atoms with Crippen LogP contribution in [0.15, 0.2) is 60.7 Å². The summed E-state index contributed by atoms with van der Waals surface area (Å²) in [4.78, 5) is 11.6.